The van der Waals surface area contributed by atoms with Crippen LogP contribution in [0.5, 0.6) is 0 Å². The van der Waals surface area contributed by atoms with Crippen LogP contribution in [-0.4, -0.2) is 79.6 Å². The Kier molecular flexibility index (Phi) is 9.64. The number of carbonyl (C=O) groups excluding carboxylic acids is 4. The number of oxazole rings is 1. The van der Waals surface area contributed by atoms with Crippen LogP contribution < -0.4 is 10.6 Å². The number of rotatable bonds is 10. The summed E-state index contributed by atoms with van der Waals surface area (Å²) in [6.07, 6.45) is 2.82. The van der Waals surface area contributed by atoms with E-state index in [2.05, 4.69) is 15.6 Å². The zero-order chi connectivity index (χ0) is 33.8. The van der Waals surface area contributed by atoms with Crippen LogP contribution >= 0.6 is 23.5 Å². The molecule has 244 valence electrons. The molecular weight excluding hydrogens is 655 g/mol. The van der Waals surface area contributed by atoms with Gasteiger partial charge in [0, 0.05) is 24.6 Å². The predicted molar refractivity (Wildman–Crippen MR) is 180 cm³/mol. The molecule has 0 spiro atoms. The van der Waals surface area contributed by atoms with Crippen molar-refractivity contribution in [2.75, 3.05) is 18.6 Å². The quantitative estimate of drug-likeness (QED) is 0.125. The Morgan fingerprint density at radius 2 is 1.75 bits per heavy atom. The van der Waals surface area contributed by atoms with Crippen LogP contribution in [0.1, 0.15) is 17.2 Å². The zero-order valence-electron chi connectivity index (χ0n) is 25.4. The molecule has 1 fully saturated rings. The number of carboxylic acids is 1. The number of hydrogen-bond donors (Lipinski definition) is 3. The number of urea groups is 1. The maximum Gasteiger partial charge on any atom is 0.352 e. The number of imide groups is 1. The second-order valence-electron chi connectivity index (χ2n) is 10.8. The van der Waals surface area contributed by atoms with Gasteiger partial charge in [-0.3, -0.25) is 24.2 Å². The van der Waals surface area contributed by atoms with Crippen LogP contribution in [0.2, 0.25) is 0 Å². The van der Waals surface area contributed by atoms with Gasteiger partial charge >= 0.3 is 12.0 Å². The van der Waals surface area contributed by atoms with Crippen LogP contribution in [0.4, 0.5) is 4.79 Å². The fraction of sp³-hybridized carbons (Fsp3) is 0.176. The molecule has 3 atom stereocenters. The van der Waals surface area contributed by atoms with Crippen molar-refractivity contribution in [1.29, 1.82) is 0 Å². The minimum absolute atomic E-state index is 0.130. The van der Waals surface area contributed by atoms with Gasteiger partial charge in [-0.05, 0) is 34.9 Å². The third-order valence-corrected chi connectivity index (χ3v) is 9.96. The molecule has 2 unspecified atom stereocenters. The van der Waals surface area contributed by atoms with Crippen molar-refractivity contribution >= 4 is 70.4 Å². The van der Waals surface area contributed by atoms with E-state index in [0.717, 1.165) is 10.5 Å². The number of benzene rings is 3. The van der Waals surface area contributed by atoms with Gasteiger partial charge in [0.25, 0.3) is 17.0 Å². The number of β-lactam (4-membered cyclic amide) rings is 1. The summed E-state index contributed by atoms with van der Waals surface area (Å²) in [5.41, 5.74) is 2.90. The van der Waals surface area contributed by atoms with Crippen molar-refractivity contribution in [2.24, 2.45) is 0 Å². The van der Waals surface area contributed by atoms with Crippen LogP contribution in [0, 0.1) is 0 Å². The minimum atomic E-state index is -1.25. The van der Waals surface area contributed by atoms with Crippen molar-refractivity contribution in [3.05, 3.63) is 113 Å². The van der Waals surface area contributed by atoms with E-state index in [9.17, 15) is 29.1 Å². The van der Waals surface area contributed by atoms with Crippen molar-refractivity contribution in [3.8, 4) is 0 Å². The summed E-state index contributed by atoms with van der Waals surface area (Å²) in [6.45, 7) is 0. The minimum Gasteiger partial charge on any atom is -0.477 e. The largest absolute Gasteiger partial charge is 0.477 e. The molecule has 48 heavy (non-hydrogen) atoms. The van der Waals surface area contributed by atoms with Crippen LogP contribution in [0.15, 0.2) is 112 Å². The van der Waals surface area contributed by atoms with E-state index in [1.54, 1.807) is 42.5 Å². The highest BCUT2D eigenvalue weighted by Crippen LogP contribution is 2.42. The van der Waals surface area contributed by atoms with Gasteiger partial charge in [0.05, 0.1) is 0 Å². The second-order valence-corrected chi connectivity index (χ2v) is 12.9. The number of hydrogen-bond acceptors (Lipinski definition) is 9. The smallest absolute Gasteiger partial charge is 0.352 e. The molecule has 1 aromatic heterocycles. The van der Waals surface area contributed by atoms with E-state index in [4.69, 9.17) is 4.42 Å². The lowest BCUT2D eigenvalue weighted by Gasteiger charge is -2.49. The highest BCUT2D eigenvalue weighted by molar-refractivity contribution is 8.01. The number of aromatic nitrogens is 1. The van der Waals surface area contributed by atoms with Crippen molar-refractivity contribution in [2.45, 2.75) is 22.7 Å². The molecule has 2 aliphatic rings. The first-order valence-electron chi connectivity index (χ1n) is 14.8. The molecular formula is C34H29N5O7S2. The van der Waals surface area contributed by atoms with Gasteiger partial charge < -0.3 is 20.2 Å². The number of nitrogens with one attached hydrogen (secondary N) is 2. The monoisotopic (exact) mass is 683 g/mol. The predicted octanol–water partition coefficient (Wildman–Crippen LogP) is 4.28. The van der Waals surface area contributed by atoms with Gasteiger partial charge in [-0.25, -0.2) is 14.6 Å². The molecule has 3 N–H and O–H groups in total. The molecule has 12 nitrogen and oxygen atoms in total. The number of carbonyl (C=O) groups is 5. The third kappa shape index (κ3) is 6.85. The molecule has 1 saturated heterocycles. The highest BCUT2D eigenvalue weighted by Gasteiger charge is 2.54. The van der Waals surface area contributed by atoms with Crippen LogP contribution in [0.3, 0.4) is 0 Å². The SMILES string of the molecule is CN(C(=O)C=Cc1ccccc1)C(=O)NC(C(=O)NC1C(=O)N2C(C(=O)O)=C(CSc3nc4ccccc4o3)CS[C@@H]12)c1ccccc1. The van der Waals surface area contributed by atoms with Gasteiger partial charge in [0.2, 0.25) is 5.91 Å². The summed E-state index contributed by atoms with van der Waals surface area (Å²) >= 11 is 2.56. The Labute approximate surface area is 283 Å². The number of likely N-dealkylation sites (N-methyl/N-ethyl adjacent to an activating group) is 1. The first-order valence-corrected chi connectivity index (χ1v) is 16.8. The standard InChI is InChI=1S/C34H29N5O7S2/c1-38(25(40)17-16-20-10-4-2-5-11-20)33(45)37-26(21-12-6-3-7-13-21)29(41)36-27-30(42)39-28(32(43)44)22(18-47-31(27)39)19-48-34-35-23-14-8-9-15-24(23)46-34/h2-17,26-27,31H,18-19H2,1H3,(H,36,41)(H,37,45)(H,43,44)/t26?,27?,31-/m0/s1. The van der Waals surface area contributed by atoms with E-state index in [1.165, 1.54) is 41.5 Å². The topological polar surface area (TPSA) is 162 Å². The Balaban J connectivity index is 1.13. The van der Waals surface area contributed by atoms with E-state index >= 15 is 0 Å². The highest BCUT2D eigenvalue weighted by atomic mass is 32.2. The van der Waals surface area contributed by atoms with Crippen molar-refractivity contribution in [1.82, 2.24) is 25.4 Å². The van der Waals surface area contributed by atoms with Gasteiger partial charge in [0.15, 0.2) is 5.58 Å². The first-order chi connectivity index (χ1) is 23.2. The lowest BCUT2D eigenvalue weighted by Crippen LogP contribution is -2.71. The molecule has 0 bridgehead atoms. The fourth-order valence-corrected chi connectivity index (χ4v) is 7.53. The number of thioether (sulfide) groups is 2. The summed E-state index contributed by atoms with van der Waals surface area (Å²) in [7, 11) is 1.29. The molecule has 14 heteroatoms. The van der Waals surface area contributed by atoms with Crippen molar-refractivity contribution < 1.29 is 33.5 Å². The molecule has 0 saturated carbocycles. The summed E-state index contributed by atoms with van der Waals surface area (Å²) in [4.78, 5) is 71.7. The maximum atomic E-state index is 13.6. The van der Waals surface area contributed by atoms with Gasteiger partial charge in [-0.2, -0.15) is 0 Å². The van der Waals surface area contributed by atoms with E-state index in [1.807, 2.05) is 48.5 Å². The zero-order valence-corrected chi connectivity index (χ0v) is 27.1. The number of nitrogens with zero attached hydrogens (tertiary/aromatic N) is 3. The average molecular weight is 684 g/mol. The Hall–Kier alpha value is -5.34. The van der Waals surface area contributed by atoms with Gasteiger partial charge in [0.1, 0.15) is 28.7 Å². The summed E-state index contributed by atoms with van der Waals surface area (Å²) in [5, 5.41) is 15.1. The lowest BCUT2D eigenvalue weighted by atomic mass is 10.0. The van der Waals surface area contributed by atoms with E-state index < -0.39 is 47.2 Å². The number of amides is 5. The molecule has 3 heterocycles. The second kappa shape index (κ2) is 14.2. The van der Waals surface area contributed by atoms with Crippen molar-refractivity contribution in [3.63, 3.8) is 0 Å². The number of fused-ring (bicyclic) bond motifs is 2. The molecule has 0 radical (unpaired) electrons. The van der Waals surface area contributed by atoms with E-state index in [-0.39, 0.29) is 11.4 Å². The molecule has 4 aromatic rings. The third-order valence-electron chi connectivity index (χ3n) is 7.71. The lowest BCUT2D eigenvalue weighted by molar-refractivity contribution is -0.151. The number of aliphatic carboxylic acids is 1. The van der Waals surface area contributed by atoms with E-state index in [0.29, 0.717) is 33.2 Å². The van der Waals surface area contributed by atoms with Gasteiger partial charge in [-0.15, -0.1) is 11.8 Å². The van der Waals surface area contributed by atoms with Crippen LogP contribution in [-0.2, 0) is 19.2 Å². The maximum absolute atomic E-state index is 13.6. The average Bonchev–Trinajstić information content (AvgIpc) is 3.53. The summed E-state index contributed by atoms with van der Waals surface area (Å²) in [5.74, 6) is -2.59. The number of para-hydroxylation sites is 2. The molecule has 0 aliphatic carbocycles. The van der Waals surface area contributed by atoms with Gasteiger partial charge in [-0.1, -0.05) is 84.6 Å². The first kappa shape index (κ1) is 32.6. The Bertz CT molecular complexity index is 1910. The number of carboxylic acid groups (broad SMARTS) is 1. The summed E-state index contributed by atoms with van der Waals surface area (Å²) in [6, 6.07) is 21.7. The summed E-state index contributed by atoms with van der Waals surface area (Å²) < 4.78 is 5.74. The Morgan fingerprint density at radius 1 is 1.06 bits per heavy atom. The molecule has 3 aromatic carbocycles. The molecule has 2 aliphatic heterocycles. The molecule has 5 amide bonds. The van der Waals surface area contributed by atoms with Crippen LogP contribution in [0.25, 0.3) is 17.2 Å². The molecule has 6 rings (SSSR count). The Morgan fingerprint density at radius 3 is 2.46 bits per heavy atom. The fourth-order valence-electron chi connectivity index (χ4n) is 5.20. The normalized spacial score (nSPS) is 17.9.